The lowest BCUT2D eigenvalue weighted by atomic mass is 9.95. The molecule has 11 heteroatoms. The molecule has 0 saturated heterocycles. The van der Waals surface area contributed by atoms with Crippen molar-refractivity contribution in [2.24, 2.45) is 5.92 Å². The normalized spacial score (nSPS) is 14.4. The van der Waals surface area contributed by atoms with Crippen molar-refractivity contribution in [3.63, 3.8) is 0 Å². The maximum atomic E-state index is 12.7. The average Bonchev–Trinajstić information content (AvgIpc) is 2.82. The van der Waals surface area contributed by atoms with E-state index in [2.05, 4.69) is 10.3 Å². The lowest BCUT2D eigenvalue weighted by Crippen LogP contribution is -2.36. The maximum Gasteiger partial charge on any atom is 0.358 e. The van der Waals surface area contributed by atoms with E-state index in [1.54, 1.807) is 0 Å². The smallest absolute Gasteiger partial charge is 0.358 e. The summed E-state index contributed by atoms with van der Waals surface area (Å²) in [5.41, 5.74) is -0.241. The van der Waals surface area contributed by atoms with Crippen LogP contribution in [0.5, 0.6) is 5.75 Å². The molecule has 1 saturated carbocycles. The van der Waals surface area contributed by atoms with Gasteiger partial charge in [-0.05, 0) is 49.1 Å². The van der Waals surface area contributed by atoms with Crippen LogP contribution in [0.3, 0.4) is 0 Å². The number of hydrogen-bond donors (Lipinski definition) is 3. The zero-order valence-electron chi connectivity index (χ0n) is 19.6. The number of rotatable bonds is 9. The van der Waals surface area contributed by atoms with E-state index in [1.165, 1.54) is 24.3 Å². The second kappa shape index (κ2) is 11.3. The number of carboxylic acids is 1. The van der Waals surface area contributed by atoms with Gasteiger partial charge in [0.2, 0.25) is 0 Å². The third-order valence-electron chi connectivity index (χ3n) is 5.48. The van der Waals surface area contributed by atoms with E-state index in [-0.39, 0.29) is 46.4 Å². The summed E-state index contributed by atoms with van der Waals surface area (Å²) in [7, 11) is -4.26. The van der Waals surface area contributed by atoms with Crippen LogP contribution in [0, 0.1) is 5.92 Å². The van der Waals surface area contributed by atoms with Crippen LogP contribution in [-0.4, -0.2) is 48.9 Å². The van der Waals surface area contributed by atoms with Gasteiger partial charge in [0, 0.05) is 17.8 Å². The summed E-state index contributed by atoms with van der Waals surface area (Å²) in [6, 6.07) is 6.52. The zero-order valence-corrected chi connectivity index (χ0v) is 20.4. The second-order valence-corrected chi connectivity index (χ2v) is 10.5. The van der Waals surface area contributed by atoms with Gasteiger partial charge in [-0.1, -0.05) is 33.1 Å². The molecule has 188 valence electrons. The number of amides is 2. The van der Waals surface area contributed by atoms with E-state index in [0.717, 1.165) is 44.4 Å². The van der Waals surface area contributed by atoms with E-state index in [0.29, 0.717) is 5.56 Å². The van der Waals surface area contributed by atoms with Crippen molar-refractivity contribution in [2.45, 2.75) is 56.9 Å². The van der Waals surface area contributed by atoms with E-state index in [4.69, 9.17) is 4.74 Å². The fourth-order valence-electron chi connectivity index (χ4n) is 3.64. The monoisotopic (exact) mass is 503 g/mol. The number of carboxylic acid groups (broad SMARTS) is 1. The van der Waals surface area contributed by atoms with Crippen LogP contribution in [0.25, 0.3) is 0 Å². The molecule has 2 amide bonds. The van der Waals surface area contributed by atoms with Crippen molar-refractivity contribution >= 4 is 27.8 Å². The highest BCUT2D eigenvalue weighted by molar-refractivity contribution is 7.90. The van der Waals surface area contributed by atoms with Crippen molar-refractivity contribution in [3.05, 3.63) is 53.3 Å². The summed E-state index contributed by atoms with van der Waals surface area (Å²) in [5, 5.41) is 12.2. The summed E-state index contributed by atoms with van der Waals surface area (Å²) in [5.74, 6) is -2.66. The van der Waals surface area contributed by atoms with Gasteiger partial charge in [-0.3, -0.25) is 9.59 Å². The Morgan fingerprint density at radius 1 is 1.06 bits per heavy atom. The van der Waals surface area contributed by atoms with Gasteiger partial charge in [-0.15, -0.1) is 0 Å². The van der Waals surface area contributed by atoms with Gasteiger partial charge in [-0.2, -0.15) is 0 Å². The Morgan fingerprint density at radius 2 is 1.71 bits per heavy atom. The highest BCUT2D eigenvalue weighted by Gasteiger charge is 2.23. The molecule has 1 aromatic carbocycles. The van der Waals surface area contributed by atoms with E-state index >= 15 is 0 Å². The minimum atomic E-state index is -4.26. The van der Waals surface area contributed by atoms with Crippen LogP contribution >= 0.6 is 0 Å². The molecule has 0 unspecified atom stereocenters. The van der Waals surface area contributed by atoms with Crippen LogP contribution < -0.4 is 14.8 Å². The SMILES string of the molecule is CC(C)COc1cc(C(=O)NS(=O)(=O)c2ccc(C(=O)NC3CCCCC3)cc2)cnc1C(=O)O. The Bertz CT molecular complexity index is 1190. The average molecular weight is 504 g/mol. The Morgan fingerprint density at radius 3 is 2.31 bits per heavy atom. The van der Waals surface area contributed by atoms with Crippen LogP contribution in [0.4, 0.5) is 0 Å². The number of pyridine rings is 1. The lowest BCUT2D eigenvalue weighted by molar-refractivity contribution is 0.0683. The van der Waals surface area contributed by atoms with Crippen LogP contribution in [0.1, 0.15) is 77.2 Å². The maximum absolute atomic E-state index is 12.7. The van der Waals surface area contributed by atoms with Crippen molar-refractivity contribution < 1.29 is 32.6 Å². The quantitative estimate of drug-likeness (QED) is 0.472. The number of carbonyl (C=O) groups is 3. The molecule has 0 bridgehead atoms. The van der Waals surface area contributed by atoms with Gasteiger partial charge in [-0.25, -0.2) is 22.9 Å². The first kappa shape index (κ1) is 26.1. The van der Waals surface area contributed by atoms with Gasteiger partial charge in [0.15, 0.2) is 11.4 Å². The number of nitrogens with zero attached hydrogens (tertiary/aromatic N) is 1. The number of aromatic carboxylic acids is 1. The standard InChI is InChI=1S/C24H29N3O7S/c1-15(2)14-34-20-12-17(13-25-21(20)24(30)31)23(29)27-35(32,33)19-10-8-16(9-11-19)22(28)26-18-6-4-3-5-7-18/h8-13,15,18H,3-7,14H2,1-2H3,(H,26,28)(H,27,29)(H,30,31). The molecular formula is C24H29N3O7S. The van der Waals surface area contributed by atoms with E-state index in [1.807, 2.05) is 18.6 Å². The van der Waals surface area contributed by atoms with Gasteiger partial charge in [0.05, 0.1) is 17.1 Å². The summed E-state index contributed by atoms with van der Waals surface area (Å²) in [6.45, 7) is 3.91. The molecule has 0 atom stereocenters. The Kier molecular flexibility index (Phi) is 8.44. The summed E-state index contributed by atoms with van der Waals surface area (Å²) in [6.07, 6.45) is 6.13. The first-order valence-corrected chi connectivity index (χ1v) is 12.9. The van der Waals surface area contributed by atoms with E-state index < -0.39 is 21.9 Å². The molecule has 0 radical (unpaired) electrons. The zero-order chi connectivity index (χ0) is 25.6. The second-order valence-electron chi connectivity index (χ2n) is 8.85. The third-order valence-corrected chi connectivity index (χ3v) is 6.83. The van der Waals surface area contributed by atoms with Crippen molar-refractivity contribution in [1.29, 1.82) is 0 Å². The number of sulfonamides is 1. The molecule has 0 spiro atoms. The van der Waals surface area contributed by atoms with Crippen molar-refractivity contribution in [2.75, 3.05) is 6.61 Å². The number of aromatic nitrogens is 1. The predicted octanol–water partition coefficient (Wildman–Crippen LogP) is 3.00. The number of carbonyl (C=O) groups excluding carboxylic acids is 2. The van der Waals surface area contributed by atoms with Gasteiger partial charge >= 0.3 is 5.97 Å². The number of benzene rings is 1. The topological polar surface area (TPSA) is 152 Å². The summed E-state index contributed by atoms with van der Waals surface area (Å²) < 4.78 is 32.8. The molecule has 1 fully saturated rings. The Balaban J connectivity index is 1.71. The number of ether oxygens (including phenoxy) is 1. The first-order chi connectivity index (χ1) is 16.6. The van der Waals surface area contributed by atoms with Crippen LogP contribution in [0.15, 0.2) is 41.4 Å². The minimum absolute atomic E-state index is 0.0854. The lowest BCUT2D eigenvalue weighted by Gasteiger charge is -2.22. The molecule has 3 rings (SSSR count). The molecule has 10 nitrogen and oxygen atoms in total. The molecule has 35 heavy (non-hydrogen) atoms. The summed E-state index contributed by atoms with van der Waals surface area (Å²) >= 11 is 0. The number of hydrogen-bond acceptors (Lipinski definition) is 7. The number of nitrogens with one attached hydrogen (secondary N) is 2. The minimum Gasteiger partial charge on any atom is -0.491 e. The molecule has 0 aliphatic heterocycles. The predicted molar refractivity (Wildman–Crippen MR) is 127 cm³/mol. The first-order valence-electron chi connectivity index (χ1n) is 11.4. The van der Waals surface area contributed by atoms with Gasteiger partial charge in [0.25, 0.3) is 21.8 Å². The van der Waals surface area contributed by atoms with Crippen LogP contribution in [-0.2, 0) is 10.0 Å². The van der Waals surface area contributed by atoms with Crippen molar-refractivity contribution in [1.82, 2.24) is 15.0 Å². The Labute approximate surface area is 204 Å². The van der Waals surface area contributed by atoms with E-state index in [9.17, 15) is 27.9 Å². The molecule has 1 aromatic heterocycles. The molecule has 2 aromatic rings. The molecule has 1 aliphatic rings. The largest absolute Gasteiger partial charge is 0.491 e. The van der Waals surface area contributed by atoms with Crippen molar-refractivity contribution in [3.8, 4) is 5.75 Å². The molecule has 1 aliphatic carbocycles. The highest BCUT2D eigenvalue weighted by Crippen LogP contribution is 2.21. The third kappa shape index (κ3) is 7.01. The fourth-order valence-corrected chi connectivity index (χ4v) is 4.61. The molecule has 1 heterocycles. The van der Waals surface area contributed by atoms with Crippen LogP contribution in [0.2, 0.25) is 0 Å². The highest BCUT2D eigenvalue weighted by atomic mass is 32.2. The van der Waals surface area contributed by atoms with Gasteiger partial charge < -0.3 is 15.2 Å². The summed E-state index contributed by atoms with van der Waals surface area (Å²) in [4.78, 5) is 40.0. The fraction of sp³-hybridized carbons (Fsp3) is 0.417. The van der Waals surface area contributed by atoms with Gasteiger partial charge in [0.1, 0.15) is 0 Å². The molecule has 3 N–H and O–H groups in total. The Hall–Kier alpha value is -3.47. The molecular weight excluding hydrogens is 474 g/mol.